The maximum atomic E-state index is 10.0. The fourth-order valence-corrected chi connectivity index (χ4v) is 2.86. The van der Waals surface area contributed by atoms with Crippen LogP contribution in [-0.4, -0.2) is 53.5 Å². The van der Waals surface area contributed by atoms with Gasteiger partial charge in [0.25, 0.3) is 0 Å². The second-order valence-electron chi connectivity index (χ2n) is 5.46. The Kier molecular flexibility index (Phi) is 4.32. The second-order valence-corrected chi connectivity index (χ2v) is 5.46. The molecule has 2 fully saturated rings. The molecule has 0 spiro atoms. The fourth-order valence-electron chi connectivity index (χ4n) is 2.86. The average molecular weight is 278 g/mol. The third kappa shape index (κ3) is 3.19. The quantitative estimate of drug-likeness (QED) is 0.860. The third-order valence-corrected chi connectivity index (χ3v) is 4.05. The van der Waals surface area contributed by atoms with Gasteiger partial charge in [0.1, 0.15) is 18.0 Å². The molecule has 2 aliphatic rings. The molecule has 0 aromatic carbocycles. The van der Waals surface area contributed by atoms with E-state index in [1.165, 1.54) is 0 Å². The topological polar surface area (TPSA) is 70.5 Å². The van der Waals surface area contributed by atoms with Gasteiger partial charge in [0.05, 0.1) is 25.4 Å². The van der Waals surface area contributed by atoms with E-state index in [-0.39, 0.29) is 12.1 Å². The van der Waals surface area contributed by atoms with Crippen LogP contribution in [0.2, 0.25) is 0 Å². The highest BCUT2D eigenvalue weighted by molar-refractivity contribution is 5.49. The molecule has 3 rings (SSSR count). The molecule has 0 amide bonds. The molecule has 0 radical (unpaired) electrons. The predicted octanol–water partition coefficient (Wildman–Crippen LogP) is 1.03. The Morgan fingerprint density at radius 3 is 2.80 bits per heavy atom. The lowest BCUT2D eigenvalue weighted by Gasteiger charge is -2.30. The first-order valence-electron chi connectivity index (χ1n) is 7.42. The molecule has 6 heteroatoms. The van der Waals surface area contributed by atoms with Crippen LogP contribution in [0, 0.1) is 0 Å². The maximum absolute atomic E-state index is 10.0. The normalized spacial score (nSPS) is 27.4. The number of aliphatic hydroxyl groups is 1. The summed E-state index contributed by atoms with van der Waals surface area (Å²) in [6.45, 7) is 3.22. The Balaban J connectivity index is 1.67. The molecule has 1 aromatic rings. The molecule has 2 N–H and O–H groups in total. The van der Waals surface area contributed by atoms with Crippen molar-refractivity contribution in [3.05, 3.63) is 12.4 Å². The lowest BCUT2D eigenvalue weighted by Crippen LogP contribution is -2.38. The van der Waals surface area contributed by atoms with Crippen molar-refractivity contribution in [2.24, 2.45) is 0 Å². The molecule has 1 aliphatic heterocycles. The van der Waals surface area contributed by atoms with Crippen LogP contribution in [0.1, 0.15) is 25.7 Å². The lowest BCUT2D eigenvalue weighted by molar-refractivity contribution is 0.116. The Morgan fingerprint density at radius 1 is 1.20 bits per heavy atom. The van der Waals surface area contributed by atoms with Gasteiger partial charge >= 0.3 is 0 Å². The van der Waals surface area contributed by atoms with E-state index >= 15 is 0 Å². The first-order chi connectivity index (χ1) is 9.83. The van der Waals surface area contributed by atoms with E-state index < -0.39 is 0 Å². The second kappa shape index (κ2) is 6.37. The van der Waals surface area contributed by atoms with Gasteiger partial charge in [-0.2, -0.15) is 0 Å². The minimum Gasteiger partial charge on any atom is -0.391 e. The summed E-state index contributed by atoms with van der Waals surface area (Å²) in [6.07, 6.45) is 5.46. The van der Waals surface area contributed by atoms with E-state index in [2.05, 4.69) is 20.2 Å². The molecule has 2 heterocycles. The van der Waals surface area contributed by atoms with E-state index in [1.807, 2.05) is 6.07 Å². The number of rotatable bonds is 3. The number of nitrogens with one attached hydrogen (secondary N) is 1. The first-order valence-corrected chi connectivity index (χ1v) is 7.42. The van der Waals surface area contributed by atoms with Gasteiger partial charge in [-0.1, -0.05) is 12.8 Å². The van der Waals surface area contributed by atoms with Crippen LogP contribution in [-0.2, 0) is 4.74 Å². The SMILES string of the molecule is OC1CCCCC1Nc1cc(N2CCOCC2)ncn1. The van der Waals surface area contributed by atoms with Crippen molar-refractivity contribution < 1.29 is 9.84 Å². The number of hydrogen-bond donors (Lipinski definition) is 2. The predicted molar refractivity (Wildman–Crippen MR) is 76.9 cm³/mol. The Bertz CT molecular complexity index is 437. The largest absolute Gasteiger partial charge is 0.391 e. The molecule has 20 heavy (non-hydrogen) atoms. The van der Waals surface area contributed by atoms with Gasteiger partial charge in [-0.3, -0.25) is 0 Å². The third-order valence-electron chi connectivity index (χ3n) is 4.05. The summed E-state index contributed by atoms with van der Waals surface area (Å²) in [6, 6.07) is 2.07. The highest BCUT2D eigenvalue weighted by Crippen LogP contribution is 2.23. The molecule has 110 valence electrons. The van der Waals surface area contributed by atoms with E-state index in [0.717, 1.165) is 63.6 Å². The van der Waals surface area contributed by atoms with Gasteiger partial charge in [0, 0.05) is 19.2 Å². The number of aliphatic hydroxyl groups excluding tert-OH is 1. The molecule has 1 aliphatic carbocycles. The average Bonchev–Trinajstić information content (AvgIpc) is 2.51. The smallest absolute Gasteiger partial charge is 0.134 e. The van der Waals surface area contributed by atoms with Gasteiger partial charge in [-0.05, 0) is 12.8 Å². The minimum atomic E-state index is -0.273. The van der Waals surface area contributed by atoms with E-state index in [9.17, 15) is 5.11 Å². The number of anilines is 2. The van der Waals surface area contributed by atoms with Crippen molar-refractivity contribution >= 4 is 11.6 Å². The molecule has 2 unspecified atom stereocenters. The van der Waals surface area contributed by atoms with Gasteiger partial charge in [0.2, 0.25) is 0 Å². The number of aromatic nitrogens is 2. The van der Waals surface area contributed by atoms with Crippen LogP contribution < -0.4 is 10.2 Å². The molecule has 0 bridgehead atoms. The van der Waals surface area contributed by atoms with Crippen LogP contribution in [0.3, 0.4) is 0 Å². The van der Waals surface area contributed by atoms with Gasteiger partial charge < -0.3 is 20.1 Å². The molecule has 1 saturated carbocycles. The standard InChI is InChI=1S/C14H22N4O2/c19-12-4-2-1-3-11(12)17-13-9-14(16-10-15-13)18-5-7-20-8-6-18/h9-12,19H,1-8H2,(H,15,16,17). The van der Waals surface area contributed by atoms with Crippen molar-refractivity contribution in [1.29, 1.82) is 0 Å². The highest BCUT2D eigenvalue weighted by Gasteiger charge is 2.23. The number of ether oxygens (including phenoxy) is 1. The summed E-state index contributed by atoms with van der Waals surface area (Å²) in [4.78, 5) is 10.8. The van der Waals surface area contributed by atoms with Gasteiger partial charge in [-0.15, -0.1) is 0 Å². The molecule has 1 aromatic heterocycles. The summed E-state index contributed by atoms with van der Waals surface area (Å²) in [5.74, 6) is 1.73. The number of hydrogen-bond acceptors (Lipinski definition) is 6. The number of nitrogens with zero attached hydrogens (tertiary/aromatic N) is 3. The molecular formula is C14H22N4O2. The fraction of sp³-hybridized carbons (Fsp3) is 0.714. The zero-order chi connectivity index (χ0) is 13.8. The zero-order valence-corrected chi connectivity index (χ0v) is 11.7. The minimum absolute atomic E-state index is 0.108. The Labute approximate surface area is 119 Å². The van der Waals surface area contributed by atoms with Crippen LogP contribution >= 0.6 is 0 Å². The van der Waals surface area contributed by atoms with Crippen LogP contribution in [0.15, 0.2) is 12.4 Å². The highest BCUT2D eigenvalue weighted by atomic mass is 16.5. The van der Waals surface area contributed by atoms with Crippen LogP contribution in [0.5, 0.6) is 0 Å². The van der Waals surface area contributed by atoms with E-state index in [0.29, 0.717) is 0 Å². The summed E-state index contributed by atoms with van der Waals surface area (Å²) in [5.41, 5.74) is 0. The van der Waals surface area contributed by atoms with Crippen molar-refractivity contribution in [2.75, 3.05) is 36.5 Å². The van der Waals surface area contributed by atoms with Crippen LogP contribution in [0.25, 0.3) is 0 Å². The molecule has 1 saturated heterocycles. The van der Waals surface area contributed by atoms with E-state index in [4.69, 9.17) is 4.74 Å². The summed E-state index contributed by atoms with van der Waals surface area (Å²) in [5, 5.41) is 13.4. The van der Waals surface area contributed by atoms with E-state index in [1.54, 1.807) is 6.33 Å². The Hall–Kier alpha value is -1.40. The summed E-state index contributed by atoms with van der Waals surface area (Å²) >= 11 is 0. The monoisotopic (exact) mass is 278 g/mol. The Morgan fingerprint density at radius 2 is 2.00 bits per heavy atom. The van der Waals surface area contributed by atoms with Gasteiger partial charge in [0.15, 0.2) is 0 Å². The van der Waals surface area contributed by atoms with Crippen molar-refractivity contribution in [3.8, 4) is 0 Å². The molecular weight excluding hydrogens is 256 g/mol. The maximum Gasteiger partial charge on any atom is 0.134 e. The summed E-state index contributed by atoms with van der Waals surface area (Å²) < 4.78 is 5.35. The van der Waals surface area contributed by atoms with Gasteiger partial charge in [-0.25, -0.2) is 9.97 Å². The van der Waals surface area contributed by atoms with Crippen molar-refractivity contribution in [2.45, 2.75) is 37.8 Å². The van der Waals surface area contributed by atoms with Crippen molar-refractivity contribution in [3.63, 3.8) is 0 Å². The zero-order valence-electron chi connectivity index (χ0n) is 11.7. The molecule has 2 atom stereocenters. The first kappa shape index (κ1) is 13.6. The molecule has 6 nitrogen and oxygen atoms in total. The van der Waals surface area contributed by atoms with Crippen LogP contribution in [0.4, 0.5) is 11.6 Å². The van der Waals surface area contributed by atoms with Crippen molar-refractivity contribution in [1.82, 2.24) is 9.97 Å². The lowest BCUT2D eigenvalue weighted by atomic mass is 9.93. The number of morpholine rings is 1. The summed E-state index contributed by atoms with van der Waals surface area (Å²) in [7, 11) is 0.